The van der Waals surface area contributed by atoms with Crippen LogP contribution in [0.1, 0.15) is 27.2 Å². The molecule has 0 aromatic carbocycles. The Labute approximate surface area is 117 Å². The Morgan fingerprint density at radius 3 is 2.75 bits per heavy atom. The Morgan fingerprint density at radius 1 is 1.45 bits per heavy atom. The number of nitrogens with zero attached hydrogens (tertiary/aromatic N) is 3. The second kappa shape index (κ2) is 5.11. The fourth-order valence-corrected chi connectivity index (χ4v) is 2.03. The quantitative estimate of drug-likeness (QED) is 0.907. The number of hydrogen-bond donors (Lipinski definition) is 1. The number of rotatable bonds is 4. The fraction of sp³-hybridized carbons (Fsp3) is 0.500. The molecule has 0 saturated heterocycles. The standard InChI is InChI=1S/C14H20N4O2/c1-5-14(2,3)16-11(19)9-18-13(20)10-7-6-8-15-12(10)17(18)4/h6-8H,5,9H2,1-4H3,(H,16,19). The lowest BCUT2D eigenvalue weighted by Gasteiger charge is -2.24. The number of hydrogen-bond acceptors (Lipinski definition) is 3. The summed E-state index contributed by atoms with van der Waals surface area (Å²) in [5.74, 6) is -0.176. The molecule has 0 unspecified atom stereocenters. The molecule has 0 spiro atoms. The maximum atomic E-state index is 12.2. The number of pyridine rings is 1. The Morgan fingerprint density at radius 2 is 2.15 bits per heavy atom. The monoisotopic (exact) mass is 276 g/mol. The van der Waals surface area contributed by atoms with Gasteiger partial charge in [0.05, 0.1) is 5.39 Å². The summed E-state index contributed by atoms with van der Waals surface area (Å²) >= 11 is 0. The minimum Gasteiger partial charge on any atom is -0.350 e. The van der Waals surface area contributed by atoms with Crippen molar-refractivity contribution in [3.05, 3.63) is 28.7 Å². The summed E-state index contributed by atoms with van der Waals surface area (Å²) in [4.78, 5) is 28.5. The SMILES string of the molecule is CCC(C)(C)NC(=O)Cn1c(=O)c2cccnc2n1C. The molecule has 2 rings (SSSR count). The largest absolute Gasteiger partial charge is 0.350 e. The van der Waals surface area contributed by atoms with Gasteiger partial charge in [-0.1, -0.05) is 6.92 Å². The zero-order chi connectivity index (χ0) is 14.9. The average molecular weight is 276 g/mol. The van der Waals surface area contributed by atoms with Gasteiger partial charge in [-0.05, 0) is 32.4 Å². The minimum absolute atomic E-state index is 0.00484. The first-order valence-corrected chi connectivity index (χ1v) is 6.67. The van der Waals surface area contributed by atoms with E-state index in [1.54, 1.807) is 30.1 Å². The predicted molar refractivity (Wildman–Crippen MR) is 77.5 cm³/mol. The van der Waals surface area contributed by atoms with Crippen LogP contribution in [0.3, 0.4) is 0 Å². The van der Waals surface area contributed by atoms with Gasteiger partial charge in [-0.3, -0.25) is 14.3 Å². The first-order valence-electron chi connectivity index (χ1n) is 6.67. The van der Waals surface area contributed by atoms with E-state index in [0.717, 1.165) is 6.42 Å². The average Bonchev–Trinajstić information content (AvgIpc) is 2.64. The lowest BCUT2D eigenvalue weighted by molar-refractivity contribution is -0.123. The van der Waals surface area contributed by atoms with Gasteiger partial charge in [0.25, 0.3) is 5.56 Å². The number of carbonyl (C=O) groups excluding carboxylic acids is 1. The van der Waals surface area contributed by atoms with Gasteiger partial charge in [0, 0.05) is 18.8 Å². The zero-order valence-electron chi connectivity index (χ0n) is 12.3. The van der Waals surface area contributed by atoms with Crippen LogP contribution in [-0.2, 0) is 18.4 Å². The van der Waals surface area contributed by atoms with E-state index in [1.165, 1.54) is 4.68 Å². The van der Waals surface area contributed by atoms with Crippen LogP contribution >= 0.6 is 0 Å². The summed E-state index contributed by atoms with van der Waals surface area (Å²) in [6.45, 7) is 5.91. The molecule has 6 nitrogen and oxygen atoms in total. The molecule has 20 heavy (non-hydrogen) atoms. The van der Waals surface area contributed by atoms with Crippen molar-refractivity contribution in [1.82, 2.24) is 19.7 Å². The number of fused-ring (bicyclic) bond motifs is 1. The molecule has 2 aromatic heterocycles. The first kappa shape index (κ1) is 14.3. The fourth-order valence-electron chi connectivity index (χ4n) is 2.03. The van der Waals surface area contributed by atoms with E-state index in [2.05, 4.69) is 10.3 Å². The molecular weight excluding hydrogens is 256 g/mol. The Balaban J connectivity index is 2.31. The molecule has 0 bridgehead atoms. The van der Waals surface area contributed by atoms with Gasteiger partial charge in [0.15, 0.2) is 5.65 Å². The molecule has 1 N–H and O–H groups in total. The second-order valence-electron chi connectivity index (χ2n) is 5.55. The molecule has 2 heterocycles. The van der Waals surface area contributed by atoms with E-state index in [4.69, 9.17) is 0 Å². The summed E-state index contributed by atoms with van der Waals surface area (Å²) in [5, 5.41) is 3.45. The zero-order valence-corrected chi connectivity index (χ0v) is 12.3. The van der Waals surface area contributed by atoms with Gasteiger partial charge in [-0.15, -0.1) is 0 Å². The third-order valence-electron chi connectivity index (χ3n) is 3.58. The van der Waals surface area contributed by atoms with E-state index >= 15 is 0 Å². The van der Waals surface area contributed by atoms with E-state index in [-0.39, 0.29) is 23.6 Å². The highest BCUT2D eigenvalue weighted by Gasteiger charge is 2.20. The van der Waals surface area contributed by atoms with Crippen molar-refractivity contribution in [2.75, 3.05) is 0 Å². The highest BCUT2D eigenvalue weighted by atomic mass is 16.2. The topological polar surface area (TPSA) is 68.9 Å². The number of aryl methyl sites for hydroxylation is 1. The number of aromatic nitrogens is 3. The summed E-state index contributed by atoms with van der Waals surface area (Å²) < 4.78 is 3.02. The van der Waals surface area contributed by atoms with Crippen molar-refractivity contribution in [1.29, 1.82) is 0 Å². The van der Waals surface area contributed by atoms with Crippen molar-refractivity contribution < 1.29 is 4.79 Å². The molecule has 1 amide bonds. The molecule has 0 aliphatic heterocycles. The highest BCUT2D eigenvalue weighted by Crippen LogP contribution is 2.08. The van der Waals surface area contributed by atoms with Gasteiger partial charge in [-0.2, -0.15) is 0 Å². The van der Waals surface area contributed by atoms with Crippen LogP contribution in [0.5, 0.6) is 0 Å². The predicted octanol–water partition coefficient (Wildman–Crippen LogP) is 1.04. The summed E-state index contributed by atoms with van der Waals surface area (Å²) in [6, 6.07) is 3.43. The molecule has 0 aliphatic carbocycles. The maximum absolute atomic E-state index is 12.2. The van der Waals surface area contributed by atoms with Gasteiger partial charge in [0.1, 0.15) is 6.54 Å². The van der Waals surface area contributed by atoms with Crippen molar-refractivity contribution in [2.45, 2.75) is 39.3 Å². The van der Waals surface area contributed by atoms with Crippen LogP contribution in [0.4, 0.5) is 0 Å². The Bertz CT molecular complexity index is 697. The molecule has 108 valence electrons. The smallest absolute Gasteiger partial charge is 0.276 e. The van der Waals surface area contributed by atoms with Gasteiger partial charge in [-0.25, -0.2) is 9.67 Å². The van der Waals surface area contributed by atoms with Crippen molar-refractivity contribution in [3.63, 3.8) is 0 Å². The van der Waals surface area contributed by atoms with Crippen molar-refractivity contribution in [3.8, 4) is 0 Å². The maximum Gasteiger partial charge on any atom is 0.276 e. The number of nitrogens with one attached hydrogen (secondary N) is 1. The lowest BCUT2D eigenvalue weighted by Crippen LogP contribution is -2.45. The molecule has 0 radical (unpaired) electrons. The van der Waals surface area contributed by atoms with E-state index < -0.39 is 0 Å². The summed E-state index contributed by atoms with van der Waals surface area (Å²) in [5.41, 5.74) is 0.115. The molecule has 0 fully saturated rings. The lowest BCUT2D eigenvalue weighted by atomic mass is 10.0. The number of amides is 1. The van der Waals surface area contributed by atoms with Crippen LogP contribution in [0.15, 0.2) is 23.1 Å². The van der Waals surface area contributed by atoms with Crippen molar-refractivity contribution >= 4 is 16.9 Å². The van der Waals surface area contributed by atoms with Crippen LogP contribution in [0.25, 0.3) is 11.0 Å². The Hall–Kier alpha value is -2.11. The third-order valence-corrected chi connectivity index (χ3v) is 3.58. The van der Waals surface area contributed by atoms with Crippen LogP contribution in [0, 0.1) is 0 Å². The highest BCUT2D eigenvalue weighted by molar-refractivity contribution is 5.78. The van der Waals surface area contributed by atoms with E-state index in [0.29, 0.717) is 11.0 Å². The molecule has 0 aliphatic rings. The van der Waals surface area contributed by atoms with Crippen LogP contribution < -0.4 is 10.9 Å². The Kier molecular flexibility index (Phi) is 3.65. The summed E-state index contributed by atoms with van der Waals surface area (Å²) in [6.07, 6.45) is 2.46. The molecule has 0 saturated carbocycles. The summed E-state index contributed by atoms with van der Waals surface area (Å²) in [7, 11) is 1.73. The number of carbonyl (C=O) groups is 1. The first-order chi connectivity index (χ1) is 9.35. The normalized spacial score (nSPS) is 11.8. The molecule has 0 atom stereocenters. The molecule has 6 heteroatoms. The molecular formula is C14H20N4O2. The van der Waals surface area contributed by atoms with E-state index in [1.807, 2.05) is 20.8 Å². The second-order valence-corrected chi connectivity index (χ2v) is 5.55. The minimum atomic E-state index is -0.274. The van der Waals surface area contributed by atoms with Gasteiger partial charge in [0.2, 0.25) is 5.91 Å². The van der Waals surface area contributed by atoms with Gasteiger partial charge < -0.3 is 5.32 Å². The van der Waals surface area contributed by atoms with Crippen LogP contribution in [-0.4, -0.2) is 25.8 Å². The van der Waals surface area contributed by atoms with Crippen LogP contribution in [0.2, 0.25) is 0 Å². The van der Waals surface area contributed by atoms with E-state index in [9.17, 15) is 9.59 Å². The van der Waals surface area contributed by atoms with Crippen molar-refractivity contribution in [2.24, 2.45) is 7.05 Å². The molecule has 2 aromatic rings. The third kappa shape index (κ3) is 2.59. The van der Waals surface area contributed by atoms with Gasteiger partial charge >= 0.3 is 0 Å².